The molecule has 2 aromatic rings. The minimum atomic E-state index is 0.142. The maximum Gasteiger partial charge on any atom is 0.236 e. The molecule has 2 heterocycles. The van der Waals surface area contributed by atoms with Crippen molar-refractivity contribution in [1.82, 2.24) is 10.3 Å². The van der Waals surface area contributed by atoms with Crippen molar-refractivity contribution in [3.8, 4) is 10.8 Å². The highest BCUT2D eigenvalue weighted by molar-refractivity contribution is 7.13. The van der Waals surface area contributed by atoms with Crippen molar-refractivity contribution in [2.45, 2.75) is 19.4 Å². The predicted octanol–water partition coefficient (Wildman–Crippen LogP) is 3.23. The monoisotopic (exact) mass is 300 g/mol. The van der Waals surface area contributed by atoms with E-state index in [-0.39, 0.29) is 11.8 Å². The summed E-state index contributed by atoms with van der Waals surface area (Å²) in [6, 6.07) is 3.94. The molecule has 0 radical (unpaired) electrons. The molecule has 0 spiro atoms. The van der Waals surface area contributed by atoms with Crippen molar-refractivity contribution in [3.63, 3.8) is 0 Å². The molecule has 2 aromatic heterocycles. The van der Waals surface area contributed by atoms with Crippen molar-refractivity contribution in [2.24, 2.45) is 17.8 Å². The van der Waals surface area contributed by atoms with Gasteiger partial charge in [-0.3, -0.25) is 4.79 Å². The second kappa shape index (κ2) is 5.15. The molecule has 0 aliphatic heterocycles. The Hall–Kier alpha value is -1.88. The first kappa shape index (κ1) is 12.8. The Morgan fingerprint density at radius 3 is 3.10 bits per heavy atom. The zero-order valence-electron chi connectivity index (χ0n) is 11.5. The van der Waals surface area contributed by atoms with Crippen LogP contribution < -0.4 is 5.32 Å². The fraction of sp³-hybridized carbons (Fsp3) is 0.375. The number of rotatable bonds is 4. The van der Waals surface area contributed by atoms with Crippen LogP contribution in [0.15, 0.2) is 40.3 Å². The molecule has 3 unspecified atom stereocenters. The van der Waals surface area contributed by atoms with Crippen molar-refractivity contribution in [1.29, 1.82) is 0 Å². The smallest absolute Gasteiger partial charge is 0.236 e. The van der Waals surface area contributed by atoms with Crippen molar-refractivity contribution in [2.75, 3.05) is 0 Å². The van der Waals surface area contributed by atoms with Crippen LogP contribution in [0.25, 0.3) is 10.8 Å². The summed E-state index contributed by atoms with van der Waals surface area (Å²) in [5.74, 6) is 1.96. The summed E-state index contributed by atoms with van der Waals surface area (Å²) < 4.78 is 5.45. The summed E-state index contributed by atoms with van der Waals surface area (Å²) in [4.78, 5) is 17.7. The molecule has 21 heavy (non-hydrogen) atoms. The van der Waals surface area contributed by atoms with E-state index in [9.17, 15) is 4.79 Å². The topological polar surface area (TPSA) is 55.1 Å². The molecule has 0 aromatic carbocycles. The summed E-state index contributed by atoms with van der Waals surface area (Å²) >= 11 is 1.59. The first-order valence-corrected chi connectivity index (χ1v) is 8.12. The van der Waals surface area contributed by atoms with Crippen LogP contribution in [0.2, 0.25) is 0 Å². The summed E-state index contributed by atoms with van der Waals surface area (Å²) in [5, 5.41) is 4.98. The Balaban J connectivity index is 1.37. The Bertz CT molecular complexity index is 674. The van der Waals surface area contributed by atoms with E-state index in [1.54, 1.807) is 17.6 Å². The fourth-order valence-electron chi connectivity index (χ4n) is 3.29. The molecule has 2 aliphatic rings. The lowest BCUT2D eigenvalue weighted by atomic mass is 9.93. The Morgan fingerprint density at radius 2 is 2.38 bits per heavy atom. The van der Waals surface area contributed by atoms with Crippen LogP contribution in [0.5, 0.6) is 0 Å². The van der Waals surface area contributed by atoms with Crippen LogP contribution in [0.4, 0.5) is 0 Å². The molecular formula is C16H16N2O2S. The molecule has 2 aliphatic carbocycles. The van der Waals surface area contributed by atoms with Crippen LogP contribution in [0, 0.1) is 17.8 Å². The average molecular weight is 300 g/mol. The van der Waals surface area contributed by atoms with Gasteiger partial charge in [0.05, 0.1) is 17.1 Å². The third-order valence-electron chi connectivity index (χ3n) is 4.34. The summed E-state index contributed by atoms with van der Waals surface area (Å²) in [6.45, 7) is 0.436. The lowest BCUT2D eigenvalue weighted by Gasteiger charge is -2.16. The van der Waals surface area contributed by atoms with E-state index >= 15 is 0 Å². The third-order valence-corrected chi connectivity index (χ3v) is 5.20. The molecule has 1 amide bonds. The molecule has 1 N–H and O–H groups in total. The normalized spacial score (nSPS) is 26.4. The van der Waals surface area contributed by atoms with E-state index < -0.39 is 0 Å². The number of carbonyl (C=O) groups is 1. The van der Waals surface area contributed by atoms with E-state index in [4.69, 9.17) is 4.42 Å². The maximum absolute atomic E-state index is 12.2. The standard InChI is InChI=1S/C16H16N2O2S/c19-15(13-7-10-3-4-11(13)6-10)17-8-12-9-20-16(18-12)14-2-1-5-21-14/h1-5,9-11,13H,6-8H2,(H,17,19). The number of carbonyl (C=O) groups excluding carboxylic acids is 1. The number of nitrogens with zero attached hydrogens (tertiary/aromatic N) is 1. The Labute approximate surface area is 126 Å². The van der Waals surface area contributed by atoms with Gasteiger partial charge in [-0.2, -0.15) is 0 Å². The van der Waals surface area contributed by atoms with Gasteiger partial charge >= 0.3 is 0 Å². The lowest BCUT2D eigenvalue weighted by molar-refractivity contribution is -0.125. The van der Waals surface area contributed by atoms with Gasteiger partial charge in [-0.05, 0) is 36.1 Å². The van der Waals surface area contributed by atoms with E-state index in [0.29, 0.717) is 24.3 Å². The van der Waals surface area contributed by atoms with Gasteiger partial charge in [0.25, 0.3) is 0 Å². The summed E-state index contributed by atoms with van der Waals surface area (Å²) in [7, 11) is 0. The van der Waals surface area contributed by atoms with E-state index in [1.807, 2.05) is 17.5 Å². The minimum Gasteiger partial charge on any atom is -0.443 e. The van der Waals surface area contributed by atoms with E-state index in [2.05, 4.69) is 22.5 Å². The molecule has 3 atom stereocenters. The number of thiophene rings is 1. The van der Waals surface area contributed by atoms with Crippen LogP contribution in [0.3, 0.4) is 0 Å². The highest BCUT2D eigenvalue weighted by Gasteiger charge is 2.39. The maximum atomic E-state index is 12.2. The molecular weight excluding hydrogens is 284 g/mol. The minimum absolute atomic E-state index is 0.142. The first-order valence-electron chi connectivity index (χ1n) is 7.24. The van der Waals surface area contributed by atoms with Gasteiger partial charge < -0.3 is 9.73 Å². The van der Waals surface area contributed by atoms with E-state index in [1.165, 1.54) is 0 Å². The second-order valence-electron chi connectivity index (χ2n) is 5.73. The molecule has 1 fully saturated rings. The SMILES string of the molecule is O=C(NCc1coc(-c2cccs2)n1)C1CC2C=CC1C2. The largest absolute Gasteiger partial charge is 0.443 e. The highest BCUT2D eigenvalue weighted by Crippen LogP contribution is 2.43. The molecule has 0 saturated heterocycles. The first-order chi connectivity index (χ1) is 10.3. The Morgan fingerprint density at radius 1 is 1.43 bits per heavy atom. The summed E-state index contributed by atoms with van der Waals surface area (Å²) in [6.07, 6.45) is 8.20. The van der Waals surface area contributed by atoms with Gasteiger partial charge in [0.15, 0.2) is 0 Å². The third kappa shape index (κ3) is 2.42. The zero-order valence-corrected chi connectivity index (χ0v) is 12.3. The highest BCUT2D eigenvalue weighted by atomic mass is 32.1. The van der Waals surface area contributed by atoms with Crippen molar-refractivity contribution >= 4 is 17.2 Å². The second-order valence-corrected chi connectivity index (χ2v) is 6.67. The Kier molecular flexibility index (Phi) is 3.15. The molecule has 108 valence electrons. The van der Waals surface area contributed by atoms with Gasteiger partial charge in [0.1, 0.15) is 6.26 Å². The van der Waals surface area contributed by atoms with Crippen molar-refractivity contribution < 1.29 is 9.21 Å². The number of fused-ring (bicyclic) bond motifs is 2. The molecule has 2 bridgehead atoms. The average Bonchev–Trinajstić information content (AvgIpc) is 3.28. The van der Waals surface area contributed by atoms with Crippen LogP contribution >= 0.6 is 11.3 Å². The van der Waals surface area contributed by atoms with Crippen LogP contribution in [-0.4, -0.2) is 10.9 Å². The molecule has 4 rings (SSSR count). The quantitative estimate of drug-likeness (QED) is 0.882. The number of nitrogens with one attached hydrogen (secondary N) is 1. The number of amides is 1. The van der Waals surface area contributed by atoms with Crippen LogP contribution in [0.1, 0.15) is 18.5 Å². The number of hydrogen-bond donors (Lipinski definition) is 1. The molecule has 5 heteroatoms. The molecule has 4 nitrogen and oxygen atoms in total. The number of aromatic nitrogens is 1. The van der Waals surface area contributed by atoms with Gasteiger partial charge in [0, 0.05) is 5.92 Å². The predicted molar refractivity (Wildman–Crippen MR) is 80.5 cm³/mol. The van der Waals surface area contributed by atoms with Gasteiger partial charge in [-0.1, -0.05) is 18.2 Å². The van der Waals surface area contributed by atoms with Gasteiger partial charge in [-0.15, -0.1) is 11.3 Å². The number of oxazole rings is 1. The van der Waals surface area contributed by atoms with E-state index in [0.717, 1.165) is 23.4 Å². The zero-order chi connectivity index (χ0) is 14.2. The lowest BCUT2D eigenvalue weighted by Crippen LogP contribution is -2.32. The fourth-order valence-corrected chi connectivity index (χ4v) is 3.95. The van der Waals surface area contributed by atoms with Gasteiger partial charge in [0.2, 0.25) is 11.8 Å². The summed E-state index contributed by atoms with van der Waals surface area (Å²) in [5.41, 5.74) is 0.769. The van der Waals surface area contributed by atoms with Crippen LogP contribution in [-0.2, 0) is 11.3 Å². The van der Waals surface area contributed by atoms with Gasteiger partial charge in [-0.25, -0.2) is 4.98 Å². The number of allylic oxidation sites excluding steroid dienone is 2. The molecule has 1 saturated carbocycles. The number of hydrogen-bond acceptors (Lipinski definition) is 4. The van der Waals surface area contributed by atoms with Crippen molar-refractivity contribution in [3.05, 3.63) is 41.6 Å².